The first-order chi connectivity index (χ1) is 8.92. The van der Waals surface area contributed by atoms with Crippen molar-refractivity contribution in [1.82, 2.24) is 9.88 Å². The lowest BCUT2D eigenvalue weighted by atomic mass is 9.80. The zero-order chi connectivity index (χ0) is 14.0. The van der Waals surface area contributed by atoms with E-state index in [1.807, 2.05) is 24.0 Å². The Kier molecular flexibility index (Phi) is 3.85. The SMILES string of the molecule is Cc1cccc(C(=O)N2CCC(C)(C(N)=S)CC2)n1. The number of piperidine rings is 1. The average Bonchev–Trinajstić information content (AvgIpc) is 2.38. The van der Waals surface area contributed by atoms with Crippen LogP contribution in [0.25, 0.3) is 0 Å². The Hall–Kier alpha value is -1.49. The Labute approximate surface area is 119 Å². The second-order valence-electron chi connectivity index (χ2n) is 5.38. The maximum atomic E-state index is 12.3. The van der Waals surface area contributed by atoms with Gasteiger partial charge in [0.25, 0.3) is 5.91 Å². The highest BCUT2D eigenvalue weighted by Crippen LogP contribution is 2.31. The van der Waals surface area contributed by atoms with E-state index in [-0.39, 0.29) is 11.3 Å². The minimum Gasteiger partial charge on any atom is -0.393 e. The third-order valence-electron chi connectivity index (χ3n) is 3.86. The lowest BCUT2D eigenvalue weighted by Crippen LogP contribution is -2.46. The van der Waals surface area contributed by atoms with Crippen LogP contribution in [0.4, 0.5) is 0 Å². The number of pyridine rings is 1. The zero-order valence-corrected chi connectivity index (χ0v) is 12.2. The first kappa shape index (κ1) is 13.9. The van der Waals surface area contributed by atoms with Gasteiger partial charge in [0.2, 0.25) is 0 Å². The number of thiocarbonyl (C=S) groups is 1. The molecule has 0 radical (unpaired) electrons. The van der Waals surface area contributed by atoms with Crippen molar-refractivity contribution in [2.24, 2.45) is 11.1 Å². The van der Waals surface area contributed by atoms with Gasteiger partial charge in [-0.25, -0.2) is 4.98 Å². The number of carbonyl (C=O) groups excluding carboxylic acids is 1. The molecule has 0 aliphatic carbocycles. The molecule has 1 fully saturated rings. The second-order valence-corrected chi connectivity index (χ2v) is 5.82. The summed E-state index contributed by atoms with van der Waals surface area (Å²) in [6.45, 7) is 5.32. The van der Waals surface area contributed by atoms with Crippen LogP contribution >= 0.6 is 12.2 Å². The molecule has 2 N–H and O–H groups in total. The van der Waals surface area contributed by atoms with Crippen LogP contribution in [-0.2, 0) is 0 Å². The van der Waals surface area contributed by atoms with E-state index in [0.29, 0.717) is 23.8 Å². The van der Waals surface area contributed by atoms with Crippen molar-refractivity contribution in [3.05, 3.63) is 29.6 Å². The molecule has 5 heteroatoms. The topological polar surface area (TPSA) is 59.2 Å². The van der Waals surface area contributed by atoms with Gasteiger partial charge in [0, 0.05) is 24.2 Å². The third kappa shape index (κ3) is 2.92. The van der Waals surface area contributed by atoms with Crippen LogP contribution in [0.1, 0.15) is 35.9 Å². The van der Waals surface area contributed by atoms with Gasteiger partial charge in [-0.2, -0.15) is 0 Å². The molecule has 1 amide bonds. The Balaban J connectivity index is 2.06. The van der Waals surface area contributed by atoms with Gasteiger partial charge in [0.15, 0.2) is 0 Å². The average molecular weight is 277 g/mol. The van der Waals surface area contributed by atoms with Crippen LogP contribution < -0.4 is 5.73 Å². The minimum atomic E-state index is -0.119. The Morgan fingerprint density at radius 3 is 2.58 bits per heavy atom. The van der Waals surface area contributed by atoms with Crippen molar-refractivity contribution in [2.45, 2.75) is 26.7 Å². The summed E-state index contributed by atoms with van der Waals surface area (Å²) in [7, 11) is 0. The molecular formula is C14H19N3OS. The number of hydrogen-bond acceptors (Lipinski definition) is 3. The number of rotatable bonds is 2. The third-order valence-corrected chi connectivity index (χ3v) is 4.35. The fourth-order valence-corrected chi connectivity index (χ4v) is 2.48. The molecule has 0 spiro atoms. The fraction of sp³-hybridized carbons (Fsp3) is 0.500. The van der Waals surface area contributed by atoms with E-state index in [1.54, 1.807) is 6.07 Å². The largest absolute Gasteiger partial charge is 0.393 e. The van der Waals surface area contributed by atoms with Crippen LogP contribution in [0.3, 0.4) is 0 Å². The van der Waals surface area contributed by atoms with E-state index in [0.717, 1.165) is 18.5 Å². The number of nitrogens with two attached hydrogens (primary N) is 1. The van der Waals surface area contributed by atoms with E-state index in [2.05, 4.69) is 11.9 Å². The van der Waals surface area contributed by atoms with E-state index in [4.69, 9.17) is 18.0 Å². The molecule has 0 saturated carbocycles. The smallest absolute Gasteiger partial charge is 0.272 e. The molecule has 102 valence electrons. The molecule has 1 aromatic heterocycles. The number of hydrogen-bond donors (Lipinski definition) is 1. The van der Waals surface area contributed by atoms with Crippen LogP contribution in [0, 0.1) is 12.3 Å². The molecular weight excluding hydrogens is 258 g/mol. The summed E-state index contributed by atoms with van der Waals surface area (Å²) in [5, 5.41) is 0. The number of aryl methyl sites for hydroxylation is 1. The van der Waals surface area contributed by atoms with Crippen LogP contribution in [0.5, 0.6) is 0 Å². The van der Waals surface area contributed by atoms with Gasteiger partial charge in [-0.05, 0) is 31.9 Å². The van der Waals surface area contributed by atoms with E-state index in [9.17, 15) is 4.79 Å². The van der Waals surface area contributed by atoms with E-state index >= 15 is 0 Å². The van der Waals surface area contributed by atoms with Gasteiger partial charge in [0.1, 0.15) is 5.69 Å². The van der Waals surface area contributed by atoms with Crippen LogP contribution in [-0.4, -0.2) is 33.9 Å². The Morgan fingerprint density at radius 2 is 2.05 bits per heavy atom. The lowest BCUT2D eigenvalue weighted by molar-refractivity contribution is 0.0664. The molecule has 1 aliphatic rings. The minimum absolute atomic E-state index is 0.00584. The summed E-state index contributed by atoms with van der Waals surface area (Å²) in [6.07, 6.45) is 1.64. The molecule has 0 aromatic carbocycles. The van der Waals surface area contributed by atoms with E-state index in [1.165, 1.54) is 0 Å². The van der Waals surface area contributed by atoms with Crippen molar-refractivity contribution >= 4 is 23.1 Å². The molecule has 1 saturated heterocycles. The Bertz CT molecular complexity index is 507. The van der Waals surface area contributed by atoms with Crippen LogP contribution in [0.2, 0.25) is 0 Å². The van der Waals surface area contributed by atoms with Crippen LogP contribution in [0.15, 0.2) is 18.2 Å². The highest BCUT2D eigenvalue weighted by atomic mass is 32.1. The number of carbonyl (C=O) groups is 1. The summed E-state index contributed by atoms with van der Waals surface area (Å²) < 4.78 is 0. The maximum absolute atomic E-state index is 12.3. The van der Waals surface area contributed by atoms with Crippen molar-refractivity contribution in [3.8, 4) is 0 Å². The van der Waals surface area contributed by atoms with Gasteiger partial charge >= 0.3 is 0 Å². The molecule has 19 heavy (non-hydrogen) atoms. The van der Waals surface area contributed by atoms with E-state index < -0.39 is 0 Å². The van der Waals surface area contributed by atoms with Gasteiger partial charge < -0.3 is 10.6 Å². The molecule has 0 unspecified atom stereocenters. The van der Waals surface area contributed by atoms with Crippen molar-refractivity contribution in [2.75, 3.05) is 13.1 Å². The van der Waals surface area contributed by atoms with Crippen molar-refractivity contribution < 1.29 is 4.79 Å². The summed E-state index contributed by atoms with van der Waals surface area (Å²) in [5.41, 5.74) is 7.02. The predicted molar refractivity (Wildman–Crippen MR) is 79.0 cm³/mol. The standard InChI is InChI=1S/C14H19N3OS/c1-10-4-3-5-11(16-10)12(18)17-8-6-14(2,7-9-17)13(15)19/h3-5H,6-9H2,1-2H3,(H2,15,19). The summed E-state index contributed by atoms with van der Waals surface area (Å²) in [5.74, 6) is -0.00584. The fourth-order valence-electron chi connectivity index (χ4n) is 2.27. The Morgan fingerprint density at radius 1 is 1.42 bits per heavy atom. The first-order valence-electron chi connectivity index (χ1n) is 6.45. The normalized spacial score (nSPS) is 18.1. The highest BCUT2D eigenvalue weighted by Gasteiger charge is 2.34. The number of amides is 1. The van der Waals surface area contributed by atoms with Crippen molar-refractivity contribution in [1.29, 1.82) is 0 Å². The maximum Gasteiger partial charge on any atom is 0.272 e. The molecule has 1 aliphatic heterocycles. The van der Waals surface area contributed by atoms with Gasteiger partial charge in [-0.15, -0.1) is 0 Å². The molecule has 2 heterocycles. The highest BCUT2D eigenvalue weighted by molar-refractivity contribution is 7.80. The second kappa shape index (κ2) is 5.25. The zero-order valence-electron chi connectivity index (χ0n) is 11.3. The number of aromatic nitrogens is 1. The number of likely N-dealkylation sites (tertiary alicyclic amines) is 1. The quantitative estimate of drug-likeness (QED) is 0.839. The summed E-state index contributed by atoms with van der Waals surface area (Å²) >= 11 is 5.11. The molecule has 2 rings (SSSR count). The lowest BCUT2D eigenvalue weighted by Gasteiger charge is -2.38. The van der Waals surface area contributed by atoms with Gasteiger partial charge in [-0.1, -0.05) is 25.2 Å². The summed E-state index contributed by atoms with van der Waals surface area (Å²) in [4.78, 5) is 19.0. The van der Waals surface area contributed by atoms with Gasteiger partial charge in [0.05, 0.1) is 4.99 Å². The van der Waals surface area contributed by atoms with Crippen molar-refractivity contribution in [3.63, 3.8) is 0 Å². The molecule has 1 aromatic rings. The summed E-state index contributed by atoms with van der Waals surface area (Å²) in [6, 6.07) is 5.51. The molecule has 4 nitrogen and oxygen atoms in total. The number of nitrogens with zero attached hydrogens (tertiary/aromatic N) is 2. The monoisotopic (exact) mass is 277 g/mol. The molecule has 0 bridgehead atoms. The molecule has 0 atom stereocenters. The predicted octanol–water partition coefficient (Wildman–Crippen LogP) is 1.92. The first-order valence-corrected chi connectivity index (χ1v) is 6.86. The van der Waals surface area contributed by atoms with Gasteiger partial charge in [-0.3, -0.25) is 4.79 Å².